The fourth-order valence-electron chi connectivity index (χ4n) is 5.47. The lowest BCUT2D eigenvalue weighted by Gasteiger charge is -2.50. The minimum atomic E-state index is 0.612. The molecule has 4 fully saturated rings. The van der Waals surface area contributed by atoms with Crippen LogP contribution in [0.25, 0.3) is 5.69 Å². The number of rotatable bonds is 6. The molecule has 2 bridgehead atoms. The topological polar surface area (TPSA) is 48.4 Å². The number of fused-ring (bicyclic) bond motifs is 3. The van der Waals surface area contributed by atoms with Gasteiger partial charge in [-0.25, -0.2) is 4.68 Å². The second kappa shape index (κ2) is 9.04. The molecule has 0 aliphatic carbocycles. The number of thiocarbonyl (C=S) groups is 1. The summed E-state index contributed by atoms with van der Waals surface area (Å²) in [7, 11) is 0. The Balaban J connectivity index is 1.09. The second-order valence-electron chi connectivity index (χ2n) is 9.03. The van der Waals surface area contributed by atoms with Gasteiger partial charge in [-0.05, 0) is 99.7 Å². The molecule has 4 aliphatic heterocycles. The number of hydrogen-bond acceptors (Lipinski definition) is 4. The lowest BCUT2D eigenvalue weighted by Crippen LogP contribution is -2.58. The molecule has 2 N–H and O–H groups in total. The van der Waals surface area contributed by atoms with Crippen LogP contribution in [0.3, 0.4) is 0 Å². The zero-order valence-electron chi connectivity index (χ0n) is 17.5. The third kappa shape index (κ3) is 4.53. The Morgan fingerprint density at radius 2 is 1.97 bits per heavy atom. The molecule has 2 aromatic rings. The summed E-state index contributed by atoms with van der Waals surface area (Å²) in [5.74, 6) is 1.75. The molecule has 0 saturated carbocycles. The molecule has 0 radical (unpaired) electrons. The van der Waals surface area contributed by atoms with Gasteiger partial charge in [-0.2, -0.15) is 5.10 Å². The van der Waals surface area contributed by atoms with Crippen LogP contribution in [0.4, 0.5) is 5.69 Å². The monoisotopic (exact) mass is 424 g/mol. The van der Waals surface area contributed by atoms with Crippen molar-refractivity contribution in [3.8, 4) is 5.69 Å². The fourth-order valence-corrected chi connectivity index (χ4v) is 5.67. The second-order valence-corrected chi connectivity index (χ2v) is 9.44. The number of nitrogens with one attached hydrogen (secondary N) is 2. The number of piperidine rings is 3. The third-order valence-corrected chi connectivity index (χ3v) is 7.34. The molecule has 1 aromatic heterocycles. The zero-order chi connectivity index (χ0) is 20.3. The van der Waals surface area contributed by atoms with Crippen LogP contribution in [0.2, 0.25) is 0 Å². The van der Waals surface area contributed by atoms with E-state index >= 15 is 0 Å². The zero-order valence-corrected chi connectivity index (χ0v) is 18.4. The summed E-state index contributed by atoms with van der Waals surface area (Å²) in [6.45, 7) is 7.40. The van der Waals surface area contributed by atoms with Crippen LogP contribution >= 0.6 is 12.2 Å². The van der Waals surface area contributed by atoms with Gasteiger partial charge in [-0.3, -0.25) is 4.90 Å². The van der Waals surface area contributed by atoms with Gasteiger partial charge in [0, 0.05) is 43.8 Å². The Labute approximate surface area is 184 Å². The first-order chi connectivity index (χ1) is 14.7. The fraction of sp³-hybridized carbons (Fsp3) is 0.565. The van der Waals surface area contributed by atoms with Crippen molar-refractivity contribution >= 4 is 23.0 Å². The minimum Gasteiger partial charge on any atom is -0.361 e. The van der Waals surface area contributed by atoms with Crippen molar-refractivity contribution in [2.75, 3.05) is 44.6 Å². The van der Waals surface area contributed by atoms with E-state index in [2.05, 4.69) is 25.5 Å². The van der Waals surface area contributed by atoms with Crippen molar-refractivity contribution in [3.05, 3.63) is 42.7 Å². The highest BCUT2D eigenvalue weighted by atomic mass is 32.1. The predicted molar refractivity (Wildman–Crippen MR) is 125 cm³/mol. The van der Waals surface area contributed by atoms with Gasteiger partial charge in [0.05, 0.1) is 5.69 Å². The maximum atomic E-state index is 5.56. The van der Waals surface area contributed by atoms with Gasteiger partial charge in [0.1, 0.15) is 0 Å². The average Bonchev–Trinajstić information content (AvgIpc) is 3.48. The van der Waals surface area contributed by atoms with Gasteiger partial charge in [0.25, 0.3) is 0 Å². The molecule has 5 heterocycles. The van der Waals surface area contributed by atoms with Crippen LogP contribution in [0.5, 0.6) is 0 Å². The number of aromatic nitrogens is 2. The van der Waals surface area contributed by atoms with E-state index in [1.54, 1.807) is 6.20 Å². The molecule has 6 nitrogen and oxygen atoms in total. The maximum absolute atomic E-state index is 5.56. The number of hydrogen-bond donors (Lipinski definition) is 2. The van der Waals surface area contributed by atoms with Crippen molar-refractivity contribution in [2.45, 2.75) is 31.7 Å². The van der Waals surface area contributed by atoms with Crippen LogP contribution in [0.15, 0.2) is 42.7 Å². The molecular weight excluding hydrogens is 392 g/mol. The summed E-state index contributed by atoms with van der Waals surface area (Å²) < 4.78 is 1.85. The van der Waals surface area contributed by atoms with E-state index in [0.717, 1.165) is 29.8 Å². The number of nitrogens with zero attached hydrogens (tertiary/aromatic N) is 4. The largest absolute Gasteiger partial charge is 0.361 e. The Morgan fingerprint density at radius 1 is 1.13 bits per heavy atom. The first-order valence-corrected chi connectivity index (χ1v) is 11.8. The Hall–Kier alpha value is -1.96. The Morgan fingerprint density at radius 3 is 2.67 bits per heavy atom. The Kier molecular flexibility index (Phi) is 6.02. The van der Waals surface area contributed by atoms with E-state index < -0.39 is 0 Å². The molecule has 1 aromatic carbocycles. The van der Waals surface area contributed by atoms with Crippen LogP contribution in [-0.4, -0.2) is 70.0 Å². The summed E-state index contributed by atoms with van der Waals surface area (Å²) >= 11 is 5.56. The lowest BCUT2D eigenvalue weighted by molar-refractivity contribution is -0.00792. The molecular formula is C23H32N6S. The van der Waals surface area contributed by atoms with E-state index in [1.165, 1.54) is 58.4 Å². The van der Waals surface area contributed by atoms with Gasteiger partial charge in [-0.1, -0.05) is 0 Å². The molecule has 0 amide bonds. The van der Waals surface area contributed by atoms with Crippen molar-refractivity contribution < 1.29 is 0 Å². The van der Waals surface area contributed by atoms with E-state index in [4.69, 9.17) is 12.2 Å². The predicted octanol–water partition coefficient (Wildman–Crippen LogP) is 2.96. The Bertz CT molecular complexity index is 830. The van der Waals surface area contributed by atoms with Crippen molar-refractivity contribution in [1.82, 2.24) is 24.9 Å². The third-order valence-electron chi connectivity index (χ3n) is 7.10. The molecule has 0 spiro atoms. The van der Waals surface area contributed by atoms with Crippen LogP contribution in [-0.2, 0) is 0 Å². The van der Waals surface area contributed by atoms with Gasteiger partial charge in [0.15, 0.2) is 5.11 Å². The van der Waals surface area contributed by atoms with Crippen LogP contribution in [0.1, 0.15) is 25.7 Å². The van der Waals surface area contributed by atoms with Crippen molar-refractivity contribution in [2.24, 2.45) is 11.8 Å². The minimum absolute atomic E-state index is 0.612. The maximum Gasteiger partial charge on any atom is 0.170 e. The number of anilines is 1. The standard InChI is InChI=1S/C23H32N6S/c30-23(26-20-4-6-21(7-5-20)29-12-3-9-25-29)24-15-22-14-18-8-13-28(22)17-19(18)16-27-10-1-2-11-27/h3-7,9,12,18-19,22H,1-2,8,10-11,13-17H2,(H2,24,26,30). The highest BCUT2D eigenvalue weighted by Crippen LogP contribution is 2.36. The molecule has 4 saturated heterocycles. The van der Waals surface area contributed by atoms with Gasteiger partial charge in [0.2, 0.25) is 0 Å². The molecule has 4 unspecified atom stereocenters. The number of likely N-dealkylation sites (tertiary alicyclic amines) is 1. The molecule has 6 rings (SSSR count). The first kappa shape index (κ1) is 20.0. The normalized spacial score (nSPS) is 28.5. The quantitative estimate of drug-likeness (QED) is 0.696. The number of benzene rings is 1. The summed E-state index contributed by atoms with van der Waals surface area (Å²) in [5.41, 5.74) is 2.04. The molecule has 7 heteroatoms. The van der Waals surface area contributed by atoms with Crippen LogP contribution < -0.4 is 10.6 Å². The summed E-state index contributed by atoms with van der Waals surface area (Å²) in [5, 5.41) is 11.8. The average molecular weight is 425 g/mol. The molecule has 4 atom stereocenters. The van der Waals surface area contributed by atoms with E-state index in [0.29, 0.717) is 11.2 Å². The smallest absolute Gasteiger partial charge is 0.170 e. The van der Waals surface area contributed by atoms with E-state index in [9.17, 15) is 0 Å². The SMILES string of the molecule is S=C(NCC1CC2CCN1CC2CN1CCCC1)Nc1ccc(-n2cccn2)cc1. The highest BCUT2D eigenvalue weighted by Gasteiger charge is 2.40. The summed E-state index contributed by atoms with van der Waals surface area (Å²) in [4.78, 5) is 5.39. The highest BCUT2D eigenvalue weighted by molar-refractivity contribution is 7.80. The van der Waals surface area contributed by atoms with E-state index in [-0.39, 0.29) is 0 Å². The lowest BCUT2D eigenvalue weighted by atomic mass is 9.75. The van der Waals surface area contributed by atoms with Gasteiger partial charge < -0.3 is 15.5 Å². The van der Waals surface area contributed by atoms with Gasteiger partial charge in [-0.15, -0.1) is 0 Å². The van der Waals surface area contributed by atoms with Crippen molar-refractivity contribution in [1.29, 1.82) is 0 Å². The van der Waals surface area contributed by atoms with Gasteiger partial charge >= 0.3 is 0 Å². The van der Waals surface area contributed by atoms with E-state index in [1.807, 2.05) is 41.2 Å². The summed E-state index contributed by atoms with van der Waals surface area (Å²) in [6.07, 6.45) is 9.20. The molecule has 4 aliphatic rings. The van der Waals surface area contributed by atoms with Crippen LogP contribution in [0, 0.1) is 11.8 Å². The van der Waals surface area contributed by atoms with Crippen molar-refractivity contribution in [3.63, 3.8) is 0 Å². The summed E-state index contributed by atoms with van der Waals surface area (Å²) in [6, 6.07) is 10.7. The molecule has 30 heavy (non-hydrogen) atoms. The molecule has 160 valence electrons. The first-order valence-electron chi connectivity index (χ1n) is 11.4.